The lowest BCUT2D eigenvalue weighted by Crippen LogP contribution is -2.08. The van der Waals surface area contributed by atoms with E-state index in [4.69, 9.17) is 21.4 Å². The molecule has 4 nitrogen and oxygen atoms in total. The van der Waals surface area contributed by atoms with Crippen LogP contribution >= 0.6 is 23.4 Å². The van der Waals surface area contributed by atoms with Gasteiger partial charge in [-0.15, -0.1) is 11.8 Å². The third kappa shape index (κ3) is 5.28. The Bertz CT molecular complexity index is 698. The largest absolute Gasteiger partial charge is 0.497 e. The highest BCUT2D eigenvalue weighted by atomic mass is 35.5. The summed E-state index contributed by atoms with van der Waals surface area (Å²) in [6, 6.07) is 14.0. The van der Waals surface area contributed by atoms with Crippen LogP contribution in [-0.2, 0) is 4.79 Å². The second kappa shape index (κ2) is 8.76. The highest BCUT2D eigenvalue weighted by molar-refractivity contribution is 8.00. The van der Waals surface area contributed by atoms with Crippen LogP contribution in [0.15, 0.2) is 48.5 Å². The molecule has 126 valence electrons. The zero-order chi connectivity index (χ0) is 17.5. The van der Waals surface area contributed by atoms with Crippen molar-refractivity contribution in [1.29, 1.82) is 0 Å². The van der Waals surface area contributed by atoms with Crippen LogP contribution in [0.5, 0.6) is 5.75 Å². The summed E-state index contributed by atoms with van der Waals surface area (Å²) in [6.07, 6.45) is 0.214. The first-order valence-corrected chi connectivity index (χ1v) is 8.68. The van der Waals surface area contributed by atoms with Gasteiger partial charge < -0.3 is 9.84 Å². The number of methoxy groups -OCH3 is 1. The number of halogens is 1. The first-order chi connectivity index (χ1) is 11.5. The van der Waals surface area contributed by atoms with Crippen LogP contribution in [-0.4, -0.2) is 29.7 Å². The molecule has 6 heteroatoms. The van der Waals surface area contributed by atoms with Gasteiger partial charge in [0.1, 0.15) is 5.75 Å². The second-order valence-corrected chi connectivity index (χ2v) is 6.73. The molecule has 0 heterocycles. The number of Topliss-reactive ketones (excluding diaryl/α,β-unsaturated/α-hetero) is 1. The van der Waals surface area contributed by atoms with Crippen molar-refractivity contribution in [3.8, 4) is 5.75 Å². The van der Waals surface area contributed by atoms with E-state index in [2.05, 4.69) is 0 Å². The van der Waals surface area contributed by atoms with Crippen molar-refractivity contribution in [3.05, 3.63) is 64.7 Å². The van der Waals surface area contributed by atoms with Gasteiger partial charge in [0.2, 0.25) is 0 Å². The number of carboxylic acids is 1. The summed E-state index contributed by atoms with van der Waals surface area (Å²) in [5, 5.41) is 9.26. The molecule has 1 N–H and O–H groups in total. The average molecular weight is 365 g/mol. The minimum absolute atomic E-state index is 0.0506. The first kappa shape index (κ1) is 18.4. The zero-order valence-electron chi connectivity index (χ0n) is 13.1. The van der Waals surface area contributed by atoms with Crippen LogP contribution < -0.4 is 4.74 Å². The van der Waals surface area contributed by atoms with Crippen LogP contribution in [0.1, 0.15) is 27.6 Å². The SMILES string of the molecule is COc1ccc(C(CC(=O)c2ccc(Cl)cc2)SCC(=O)O)cc1. The molecule has 0 radical (unpaired) electrons. The van der Waals surface area contributed by atoms with E-state index >= 15 is 0 Å². The van der Waals surface area contributed by atoms with E-state index in [9.17, 15) is 9.59 Å². The fraction of sp³-hybridized carbons (Fsp3) is 0.222. The highest BCUT2D eigenvalue weighted by Crippen LogP contribution is 2.34. The molecule has 0 fully saturated rings. The fourth-order valence-electron chi connectivity index (χ4n) is 2.19. The summed E-state index contributed by atoms with van der Waals surface area (Å²) < 4.78 is 5.13. The number of hydrogen-bond acceptors (Lipinski definition) is 4. The standard InChI is InChI=1S/C18H17ClO4S/c1-23-15-8-4-13(5-9-15)17(24-11-18(21)22)10-16(20)12-2-6-14(19)7-3-12/h2-9,17H,10-11H2,1H3,(H,21,22). The lowest BCUT2D eigenvalue weighted by Gasteiger charge is -2.16. The number of carbonyl (C=O) groups is 2. The molecule has 1 unspecified atom stereocenters. The van der Waals surface area contributed by atoms with E-state index in [1.54, 1.807) is 43.5 Å². The maximum atomic E-state index is 12.5. The minimum atomic E-state index is -0.905. The summed E-state index contributed by atoms with van der Waals surface area (Å²) in [4.78, 5) is 23.4. The Balaban J connectivity index is 2.16. The number of rotatable bonds is 8. The summed E-state index contributed by atoms with van der Waals surface area (Å²) >= 11 is 7.07. The maximum Gasteiger partial charge on any atom is 0.313 e. The molecule has 0 aliphatic rings. The number of carboxylic acid groups (broad SMARTS) is 1. The molecule has 1 atom stereocenters. The summed E-state index contributed by atoms with van der Waals surface area (Å²) in [5.74, 6) is -0.308. The molecule has 2 aromatic rings. The van der Waals surface area contributed by atoms with Crippen LogP contribution in [0.4, 0.5) is 0 Å². The molecule has 2 rings (SSSR count). The lowest BCUT2D eigenvalue weighted by atomic mass is 10.0. The van der Waals surface area contributed by atoms with E-state index in [0.717, 1.165) is 5.56 Å². The topological polar surface area (TPSA) is 63.6 Å². The van der Waals surface area contributed by atoms with Crippen LogP contribution in [0.3, 0.4) is 0 Å². The van der Waals surface area contributed by atoms with Gasteiger partial charge in [0.25, 0.3) is 0 Å². The van der Waals surface area contributed by atoms with Crippen molar-refractivity contribution >= 4 is 35.1 Å². The van der Waals surface area contributed by atoms with Gasteiger partial charge in [0, 0.05) is 22.3 Å². The molecule has 0 bridgehead atoms. The fourth-order valence-corrected chi connectivity index (χ4v) is 3.27. The minimum Gasteiger partial charge on any atom is -0.497 e. The van der Waals surface area contributed by atoms with Gasteiger partial charge in [-0.3, -0.25) is 9.59 Å². The number of hydrogen-bond donors (Lipinski definition) is 1. The Morgan fingerprint density at radius 2 is 1.75 bits per heavy atom. The Kier molecular flexibility index (Phi) is 6.70. The van der Waals surface area contributed by atoms with Gasteiger partial charge in [-0.2, -0.15) is 0 Å². The van der Waals surface area contributed by atoms with Crippen LogP contribution in [0, 0.1) is 0 Å². The van der Waals surface area contributed by atoms with E-state index < -0.39 is 5.97 Å². The van der Waals surface area contributed by atoms with Crippen molar-refractivity contribution in [2.75, 3.05) is 12.9 Å². The molecule has 0 saturated heterocycles. The van der Waals surface area contributed by atoms with Gasteiger partial charge in [-0.05, 0) is 42.0 Å². The Morgan fingerprint density at radius 1 is 1.12 bits per heavy atom. The molecule has 0 amide bonds. The predicted octanol–water partition coefficient (Wildman–Crippen LogP) is 4.48. The van der Waals surface area contributed by atoms with Crippen molar-refractivity contribution in [1.82, 2.24) is 0 Å². The quantitative estimate of drug-likeness (QED) is 0.699. The number of aliphatic carboxylic acids is 1. The number of thioether (sulfide) groups is 1. The number of benzene rings is 2. The van der Waals surface area contributed by atoms with E-state index in [-0.39, 0.29) is 23.2 Å². The molecule has 0 aromatic heterocycles. The molecule has 0 aliphatic carbocycles. The summed E-state index contributed by atoms with van der Waals surface area (Å²) in [7, 11) is 1.58. The molecular weight excluding hydrogens is 348 g/mol. The smallest absolute Gasteiger partial charge is 0.313 e. The number of ether oxygens (including phenoxy) is 1. The third-order valence-corrected chi connectivity index (χ3v) is 4.94. The van der Waals surface area contributed by atoms with Crippen molar-refractivity contribution < 1.29 is 19.4 Å². The monoisotopic (exact) mass is 364 g/mol. The van der Waals surface area contributed by atoms with Crippen LogP contribution in [0.2, 0.25) is 5.02 Å². The average Bonchev–Trinajstić information content (AvgIpc) is 2.59. The van der Waals surface area contributed by atoms with Gasteiger partial charge >= 0.3 is 5.97 Å². The highest BCUT2D eigenvalue weighted by Gasteiger charge is 2.19. The second-order valence-electron chi connectivity index (χ2n) is 5.10. The summed E-state index contributed by atoms with van der Waals surface area (Å²) in [5.41, 5.74) is 1.46. The van der Waals surface area contributed by atoms with E-state index in [1.165, 1.54) is 11.8 Å². The van der Waals surface area contributed by atoms with Gasteiger partial charge in [-0.1, -0.05) is 23.7 Å². The van der Waals surface area contributed by atoms with Crippen LogP contribution in [0.25, 0.3) is 0 Å². The Labute approximate surface area is 149 Å². The number of carbonyl (C=O) groups excluding carboxylic acids is 1. The zero-order valence-corrected chi connectivity index (χ0v) is 14.6. The maximum absolute atomic E-state index is 12.5. The predicted molar refractivity (Wildman–Crippen MR) is 96.2 cm³/mol. The molecule has 0 spiro atoms. The van der Waals surface area contributed by atoms with Crippen molar-refractivity contribution in [3.63, 3.8) is 0 Å². The molecular formula is C18H17ClO4S. The molecule has 2 aromatic carbocycles. The van der Waals surface area contributed by atoms with Gasteiger partial charge in [-0.25, -0.2) is 0 Å². The Morgan fingerprint density at radius 3 is 2.29 bits per heavy atom. The third-order valence-electron chi connectivity index (χ3n) is 3.43. The molecule has 24 heavy (non-hydrogen) atoms. The normalized spacial score (nSPS) is 11.8. The molecule has 0 saturated carbocycles. The van der Waals surface area contributed by atoms with E-state index in [0.29, 0.717) is 16.3 Å². The van der Waals surface area contributed by atoms with Crippen molar-refractivity contribution in [2.24, 2.45) is 0 Å². The number of ketones is 1. The molecule has 0 aliphatic heterocycles. The Hall–Kier alpha value is -1.98. The lowest BCUT2D eigenvalue weighted by molar-refractivity contribution is -0.133. The van der Waals surface area contributed by atoms with Gasteiger partial charge in [0.05, 0.1) is 12.9 Å². The van der Waals surface area contributed by atoms with Gasteiger partial charge in [0.15, 0.2) is 5.78 Å². The van der Waals surface area contributed by atoms with Crippen molar-refractivity contribution in [2.45, 2.75) is 11.7 Å². The van der Waals surface area contributed by atoms with E-state index in [1.807, 2.05) is 12.1 Å². The summed E-state index contributed by atoms with van der Waals surface area (Å²) in [6.45, 7) is 0. The first-order valence-electron chi connectivity index (χ1n) is 7.25.